The SMILES string of the molecule is Cc1c(C(=O)NC(C)C)c(CC(C)C)nn1-c1ccc(F)cc1. The second-order valence-corrected chi connectivity index (χ2v) is 6.52. The van der Waals surface area contributed by atoms with E-state index in [9.17, 15) is 9.18 Å². The number of nitrogens with zero attached hydrogens (tertiary/aromatic N) is 2. The molecular formula is C18H24FN3O. The molecule has 2 aromatic rings. The lowest BCUT2D eigenvalue weighted by Crippen LogP contribution is -2.31. The van der Waals surface area contributed by atoms with Crippen LogP contribution in [0.4, 0.5) is 4.39 Å². The molecule has 0 fully saturated rings. The number of halogens is 1. The fourth-order valence-corrected chi connectivity index (χ4v) is 2.55. The van der Waals surface area contributed by atoms with Gasteiger partial charge >= 0.3 is 0 Å². The van der Waals surface area contributed by atoms with E-state index in [2.05, 4.69) is 24.3 Å². The van der Waals surface area contributed by atoms with Crippen LogP contribution in [-0.2, 0) is 6.42 Å². The highest BCUT2D eigenvalue weighted by Crippen LogP contribution is 2.21. The van der Waals surface area contributed by atoms with Crippen molar-refractivity contribution < 1.29 is 9.18 Å². The monoisotopic (exact) mass is 317 g/mol. The van der Waals surface area contributed by atoms with Crippen LogP contribution in [0.2, 0.25) is 0 Å². The Morgan fingerprint density at radius 3 is 2.35 bits per heavy atom. The summed E-state index contributed by atoms with van der Waals surface area (Å²) in [7, 11) is 0. The minimum atomic E-state index is -0.293. The molecular weight excluding hydrogens is 293 g/mol. The Kier molecular flexibility index (Phi) is 5.19. The average Bonchev–Trinajstić information content (AvgIpc) is 2.75. The number of nitrogens with one attached hydrogen (secondary N) is 1. The van der Waals surface area contributed by atoms with Gasteiger partial charge in [-0.3, -0.25) is 4.79 Å². The van der Waals surface area contributed by atoms with Gasteiger partial charge in [-0.15, -0.1) is 0 Å². The van der Waals surface area contributed by atoms with E-state index in [1.807, 2.05) is 20.8 Å². The minimum Gasteiger partial charge on any atom is -0.350 e. The Labute approximate surface area is 136 Å². The van der Waals surface area contributed by atoms with E-state index in [4.69, 9.17) is 0 Å². The van der Waals surface area contributed by atoms with E-state index in [1.54, 1.807) is 16.8 Å². The van der Waals surface area contributed by atoms with Crippen LogP contribution in [0.3, 0.4) is 0 Å². The lowest BCUT2D eigenvalue weighted by atomic mass is 10.0. The number of rotatable bonds is 5. The summed E-state index contributed by atoms with van der Waals surface area (Å²) in [5.41, 5.74) is 2.92. The molecule has 0 saturated carbocycles. The fourth-order valence-electron chi connectivity index (χ4n) is 2.55. The van der Waals surface area contributed by atoms with Crippen molar-refractivity contribution in [1.29, 1.82) is 0 Å². The third kappa shape index (κ3) is 3.97. The maximum Gasteiger partial charge on any atom is 0.255 e. The Balaban J connectivity index is 2.51. The molecule has 0 unspecified atom stereocenters. The highest BCUT2D eigenvalue weighted by atomic mass is 19.1. The molecule has 0 saturated heterocycles. The second-order valence-electron chi connectivity index (χ2n) is 6.52. The fraction of sp³-hybridized carbons (Fsp3) is 0.444. The molecule has 0 radical (unpaired) electrons. The summed E-state index contributed by atoms with van der Waals surface area (Å²) in [6, 6.07) is 6.18. The average molecular weight is 317 g/mol. The van der Waals surface area contributed by atoms with Gasteiger partial charge < -0.3 is 5.32 Å². The van der Waals surface area contributed by atoms with Crippen LogP contribution in [0.15, 0.2) is 24.3 Å². The summed E-state index contributed by atoms with van der Waals surface area (Å²) < 4.78 is 14.9. The Morgan fingerprint density at radius 2 is 1.83 bits per heavy atom. The van der Waals surface area contributed by atoms with Gasteiger partial charge in [0.05, 0.1) is 22.6 Å². The lowest BCUT2D eigenvalue weighted by Gasteiger charge is -2.10. The summed E-state index contributed by atoms with van der Waals surface area (Å²) in [4.78, 5) is 12.6. The first-order chi connectivity index (χ1) is 10.8. The summed E-state index contributed by atoms with van der Waals surface area (Å²) >= 11 is 0. The van der Waals surface area contributed by atoms with Gasteiger partial charge in [0, 0.05) is 6.04 Å². The van der Waals surface area contributed by atoms with Crippen molar-refractivity contribution in [3.05, 3.63) is 47.0 Å². The van der Waals surface area contributed by atoms with Crippen molar-refractivity contribution in [1.82, 2.24) is 15.1 Å². The van der Waals surface area contributed by atoms with Crippen LogP contribution in [-0.4, -0.2) is 21.7 Å². The summed E-state index contributed by atoms with van der Waals surface area (Å²) in [5.74, 6) is -0.0168. The topological polar surface area (TPSA) is 46.9 Å². The largest absolute Gasteiger partial charge is 0.350 e. The predicted octanol–water partition coefficient (Wildman–Crippen LogP) is 3.66. The maximum absolute atomic E-state index is 13.1. The van der Waals surface area contributed by atoms with Crippen molar-refractivity contribution in [3.63, 3.8) is 0 Å². The van der Waals surface area contributed by atoms with Crippen molar-refractivity contribution in [2.75, 3.05) is 0 Å². The van der Waals surface area contributed by atoms with Crippen LogP contribution in [0.1, 0.15) is 49.4 Å². The van der Waals surface area contributed by atoms with Gasteiger partial charge in [0.25, 0.3) is 5.91 Å². The van der Waals surface area contributed by atoms with Gasteiger partial charge in [0.15, 0.2) is 0 Å². The van der Waals surface area contributed by atoms with Gasteiger partial charge in [-0.1, -0.05) is 13.8 Å². The third-order valence-corrected chi connectivity index (χ3v) is 3.51. The number of amides is 1. The van der Waals surface area contributed by atoms with Crippen LogP contribution in [0, 0.1) is 18.7 Å². The molecule has 1 heterocycles. The maximum atomic E-state index is 13.1. The van der Waals surface area contributed by atoms with Crippen molar-refractivity contribution in [2.45, 2.75) is 47.1 Å². The molecule has 0 spiro atoms. The van der Waals surface area contributed by atoms with Gasteiger partial charge in [-0.25, -0.2) is 9.07 Å². The van der Waals surface area contributed by atoms with Gasteiger partial charge in [0.1, 0.15) is 5.82 Å². The molecule has 124 valence electrons. The number of aromatic nitrogens is 2. The standard InChI is InChI=1S/C18H24FN3O/c1-11(2)10-16-17(18(23)20-12(3)4)13(5)22(21-16)15-8-6-14(19)7-9-15/h6-9,11-12H,10H2,1-5H3,(H,20,23). The molecule has 1 N–H and O–H groups in total. The first kappa shape index (κ1) is 17.2. The molecule has 0 aliphatic rings. The van der Waals surface area contributed by atoms with Crippen LogP contribution >= 0.6 is 0 Å². The lowest BCUT2D eigenvalue weighted by molar-refractivity contribution is 0.0941. The number of hydrogen-bond donors (Lipinski definition) is 1. The zero-order chi connectivity index (χ0) is 17.1. The predicted molar refractivity (Wildman–Crippen MR) is 89.4 cm³/mol. The minimum absolute atomic E-state index is 0.0583. The summed E-state index contributed by atoms with van der Waals surface area (Å²) in [6.45, 7) is 9.92. The van der Waals surface area contributed by atoms with Crippen molar-refractivity contribution in [3.8, 4) is 5.69 Å². The Hall–Kier alpha value is -2.17. The molecule has 2 rings (SSSR count). The van der Waals surface area contributed by atoms with Crippen molar-refractivity contribution in [2.24, 2.45) is 5.92 Å². The third-order valence-electron chi connectivity index (χ3n) is 3.51. The number of hydrogen-bond acceptors (Lipinski definition) is 2. The summed E-state index contributed by atoms with van der Waals surface area (Å²) in [5, 5.41) is 7.55. The van der Waals surface area contributed by atoms with E-state index in [0.717, 1.165) is 23.5 Å². The molecule has 0 aliphatic heterocycles. The number of carbonyl (C=O) groups excluding carboxylic acids is 1. The van der Waals surface area contributed by atoms with Crippen molar-refractivity contribution >= 4 is 5.91 Å². The van der Waals surface area contributed by atoms with Crippen LogP contribution < -0.4 is 5.32 Å². The highest BCUT2D eigenvalue weighted by Gasteiger charge is 2.22. The smallest absolute Gasteiger partial charge is 0.255 e. The highest BCUT2D eigenvalue weighted by molar-refractivity contribution is 5.96. The van der Waals surface area contributed by atoms with E-state index in [1.165, 1.54) is 12.1 Å². The van der Waals surface area contributed by atoms with Gasteiger partial charge in [-0.2, -0.15) is 5.10 Å². The molecule has 4 nitrogen and oxygen atoms in total. The van der Waals surface area contributed by atoms with E-state index < -0.39 is 0 Å². The first-order valence-corrected chi connectivity index (χ1v) is 7.95. The molecule has 0 aliphatic carbocycles. The Morgan fingerprint density at radius 1 is 1.22 bits per heavy atom. The molecule has 1 aromatic heterocycles. The zero-order valence-electron chi connectivity index (χ0n) is 14.4. The zero-order valence-corrected chi connectivity index (χ0v) is 14.4. The molecule has 23 heavy (non-hydrogen) atoms. The van der Waals surface area contributed by atoms with E-state index in [0.29, 0.717) is 11.5 Å². The molecule has 1 amide bonds. The van der Waals surface area contributed by atoms with Gasteiger partial charge in [-0.05, 0) is 57.4 Å². The Bertz CT molecular complexity index is 687. The van der Waals surface area contributed by atoms with E-state index >= 15 is 0 Å². The van der Waals surface area contributed by atoms with E-state index in [-0.39, 0.29) is 17.8 Å². The number of carbonyl (C=O) groups is 1. The van der Waals surface area contributed by atoms with Crippen LogP contribution in [0.25, 0.3) is 5.69 Å². The summed E-state index contributed by atoms with van der Waals surface area (Å²) in [6.07, 6.45) is 0.718. The molecule has 0 atom stereocenters. The quantitative estimate of drug-likeness (QED) is 0.915. The van der Waals surface area contributed by atoms with Gasteiger partial charge in [0.2, 0.25) is 0 Å². The molecule has 1 aromatic carbocycles. The van der Waals surface area contributed by atoms with Crippen LogP contribution in [0.5, 0.6) is 0 Å². The first-order valence-electron chi connectivity index (χ1n) is 7.95. The normalized spacial score (nSPS) is 11.3. The second kappa shape index (κ2) is 6.94. The molecule has 0 bridgehead atoms. The number of benzene rings is 1. The molecule has 5 heteroatoms.